The first kappa shape index (κ1) is 22.6. The van der Waals surface area contributed by atoms with Crippen LogP contribution >= 0.6 is 0 Å². The molecule has 1 aromatic rings. The lowest BCUT2D eigenvalue weighted by atomic mass is 9.87. The molecule has 1 aliphatic heterocycles. The molecular weight excluding hydrogens is 380 g/mol. The number of benzene rings is 1. The Balaban J connectivity index is 1.78. The normalized spacial score (nSPS) is 21.3. The Morgan fingerprint density at radius 2 is 1.89 bits per heavy atom. The number of ether oxygens (including phenoxy) is 2. The van der Waals surface area contributed by atoms with Gasteiger partial charge in [0.15, 0.2) is 6.61 Å². The summed E-state index contributed by atoms with van der Waals surface area (Å²) in [5, 5.41) is 2.61. The van der Waals surface area contributed by atoms with Crippen molar-refractivity contribution in [1.29, 1.82) is 0 Å². The van der Waals surface area contributed by atoms with Gasteiger partial charge in [-0.1, -0.05) is 32.9 Å². The molecule has 158 valence electrons. The van der Waals surface area contributed by atoms with E-state index in [1.165, 1.54) is 4.31 Å². The van der Waals surface area contributed by atoms with Gasteiger partial charge < -0.3 is 14.8 Å². The Bertz CT molecular complexity index is 763. The zero-order valence-corrected chi connectivity index (χ0v) is 18.2. The molecule has 2 atom stereocenters. The Labute approximate surface area is 168 Å². The maximum Gasteiger partial charge on any atom is 0.257 e. The van der Waals surface area contributed by atoms with Crippen LogP contribution in [0.1, 0.15) is 40.2 Å². The quantitative estimate of drug-likeness (QED) is 0.740. The fourth-order valence-electron chi connectivity index (χ4n) is 3.06. The summed E-state index contributed by atoms with van der Waals surface area (Å²) >= 11 is 0. The van der Waals surface area contributed by atoms with Crippen LogP contribution in [0.5, 0.6) is 5.75 Å². The summed E-state index contributed by atoms with van der Waals surface area (Å²) in [4.78, 5) is 12.0. The van der Waals surface area contributed by atoms with Gasteiger partial charge in [0.25, 0.3) is 5.91 Å². The number of carbonyl (C=O) groups is 1. The van der Waals surface area contributed by atoms with Gasteiger partial charge in [-0.2, -0.15) is 4.31 Å². The first-order valence-corrected chi connectivity index (χ1v) is 11.2. The van der Waals surface area contributed by atoms with Gasteiger partial charge in [0.05, 0.1) is 18.0 Å². The minimum Gasteiger partial charge on any atom is -0.484 e. The number of amides is 1. The predicted octanol–water partition coefficient (Wildman–Crippen LogP) is 1.92. The number of hydrogen-bond acceptors (Lipinski definition) is 5. The van der Waals surface area contributed by atoms with Crippen molar-refractivity contribution in [3.63, 3.8) is 0 Å². The van der Waals surface area contributed by atoms with Crippen molar-refractivity contribution in [1.82, 2.24) is 9.62 Å². The van der Waals surface area contributed by atoms with Crippen LogP contribution in [-0.2, 0) is 25.0 Å². The molecule has 0 aliphatic carbocycles. The summed E-state index contributed by atoms with van der Waals surface area (Å²) in [7, 11) is -3.44. The summed E-state index contributed by atoms with van der Waals surface area (Å²) in [5.41, 5.74) is 1.11. The first-order valence-electron chi connectivity index (χ1n) is 9.61. The first-order chi connectivity index (χ1) is 13.0. The van der Waals surface area contributed by atoms with E-state index in [-0.39, 0.29) is 42.4 Å². The van der Waals surface area contributed by atoms with Crippen molar-refractivity contribution >= 4 is 15.9 Å². The summed E-state index contributed by atoms with van der Waals surface area (Å²) in [6.07, 6.45) is -0.268. The number of rotatable bonds is 7. The molecule has 7 nitrogen and oxygen atoms in total. The Hall–Kier alpha value is -1.64. The smallest absolute Gasteiger partial charge is 0.257 e. The van der Waals surface area contributed by atoms with Crippen molar-refractivity contribution in [2.45, 2.75) is 52.2 Å². The lowest BCUT2D eigenvalue weighted by molar-refractivity contribution is -0.122. The average molecular weight is 413 g/mol. The number of morpholine rings is 1. The third-order valence-corrected chi connectivity index (χ3v) is 6.34. The molecule has 2 rings (SSSR count). The molecule has 1 N–H and O–H groups in total. The van der Waals surface area contributed by atoms with E-state index in [0.717, 1.165) is 5.56 Å². The van der Waals surface area contributed by atoms with Gasteiger partial charge >= 0.3 is 0 Å². The summed E-state index contributed by atoms with van der Waals surface area (Å²) in [6.45, 7) is 10.6. The fraction of sp³-hybridized carbons (Fsp3) is 0.650. The highest BCUT2D eigenvalue weighted by atomic mass is 32.2. The molecule has 1 heterocycles. The van der Waals surface area contributed by atoms with E-state index in [4.69, 9.17) is 9.47 Å². The summed E-state index contributed by atoms with van der Waals surface area (Å²) in [6, 6.07) is 7.63. The molecule has 28 heavy (non-hydrogen) atoms. The molecule has 0 aromatic heterocycles. The summed E-state index contributed by atoms with van der Waals surface area (Å²) < 4.78 is 37.5. The standard InChI is InChI=1S/C20H32N2O5S/c1-15-12-22(13-16(2)27-15)28(24,25)10-9-21-19(23)14-26-18-8-6-7-17(11-18)20(3,4)5/h6-8,11,15-16H,9-10,12-14H2,1-5H3,(H,21,23). The van der Waals surface area contributed by atoms with Crippen LogP contribution < -0.4 is 10.1 Å². The highest BCUT2D eigenvalue weighted by Gasteiger charge is 2.30. The molecule has 0 saturated carbocycles. The summed E-state index contributed by atoms with van der Waals surface area (Å²) in [5.74, 6) is 0.129. The third kappa shape index (κ3) is 6.76. The Morgan fingerprint density at radius 1 is 1.25 bits per heavy atom. The van der Waals surface area contributed by atoms with Gasteiger partial charge in [-0.3, -0.25) is 4.79 Å². The second kappa shape index (κ2) is 9.24. The highest BCUT2D eigenvalue weighted by Crippen LogP contribution is 2.25. The van der Waals surface area contributed by atoms with Crippen molar-refractivity contribution in [3.8, 4) is 5.75 Å². The van der Waals surface area contributed by atoms with Crippen LogP contribution in [0.4, 0.5) is 0 Å². The lowest BCUT2D eigenvalue weighted by Gasteiger charge is -2.34. The van der Waals surface area contributed by atoms with Crippen molar-refractivity contribution in [3.05, 3.63) is 29.8 Å². The number of nitrogens with zero attached hydrogens (tertiary/aromatic N) is 1. The highest BCUT2D eigenvalue weighted by molar-refractivity contribution is 7.89. The third-order valence-electron chi connectivity index (χ3n) is 4.53. The number of nitrogens with one attached hydrogen (secondary N) is 1. The van der Waals surface area contributed by atoms with Gasteiger partial charge in [0.2, 0.25) is 10.0 Å². The van der Waals surface area contributed by atoms with Crippen molar-refractivity contribution in [2.75, 3.05) is 32.0 Å². The fourth-order valence-corrected chi connectivity index (χ4v) is 4.55. The van der Waals surface area contributed by atoms with E-state index in [2.05, 4.69) is 26.1 Å². The van der Waals surface area contributed by atoms with Crippen LogP contribution in [0, 0.1) is 0 Å². The van der Waals surface area contributed by atoms with E-state index in [1.807, 2.05) is 32.0 Å². The van der Waals surface area contributed by atoms with Crippen molar-refractivity contribution in [2.24, 2.45) is 0 Å². The zero-order chi connectivity index (χ0) is 20.9. The molecule has 1 saturated heterocycles. The molecule has 0 radical (unpaired) electrons. The van der Waals surface area contributed by atoms with E-state index < -0.39 is 10.0 Å². The Morgan fingerprint density at radius 3 is 2.50 bits per heavy atom. The monoisotopic (exact) mass is 412 g/mol. The molecule has 8 heteroatoms. The van der Waals surface area contributed by atoms with Gasteiger partial charge in [0.1, 0.15) is 5.75 Å². The van der Waals surface area contributed by atoms with Crippen LogP contribution in [-0.4, -0.2) is 62.8 Å². The minimum absolute atomic E-state index is 0.00945. The van der Waals surface area contributed by atoms with Gasteiger partial charge in [-0.05, 0) is 37.0 Å². The molecule has 1 amide bonds. The van der Waals surface area contributed by atoms with E-state index in [9.17, 15) is 13.2 Å². The van der Waals surface area contributed by atoms with E-state index in [1.54, 1.807) is 6.07 Å². The predicted molar refractivity (Wildman–Crippen MR) is 109 cm³/mol. The minimum atomic E-state index is -3.44. The number of carbonyl (C=O) groups excluding carboxylic acids is 1. The largest absolute Gasteiger partial charge is 0.484 e. The van der Waals surface area contributed by atoms with Crippen LogP contribution in [0.3, 0.4) is 0 Å². The van der Waals surface area contributed by atoms with Crippen LogP contribution in [0.15, 0.2) is 24.3 Å². The molecule has 1 fully saturated rings. The molecule has 1 aliphatic rings. The topological polar surface area (TPSA) is 84.9 Å². The molecular formula is C20H32N2O5S. The van der Waals surface area contributed by atoms with Gasteiger partial charge in [-0.25, -0.2) is 8.42 Å². The maximum atomic E-state index is 12.5. The average Bonchev–Trinajstić information content (AvgIpc) is 2.58. The SMILES string of the molecule is CC1CN(S(=O)(=O)CCNC(=O)COc2cccc(C(C)(C)C)c2)CC(C)O1. The zero-order valence-electron chi connectivity index (χ0n) is 17.4. The van der Waals surface area contributed by atoms with E-state index in [0.29, 0.717) is 18.8 Å². The molecule has 1 aromatic carbocycles. The van der Waals surface area contributed by atoms with Crippen molar-refractivity contribution < 1.29 is 22.7 Å². The second-order valence-corrected chi connectivity index (χ2v) is 10.4. The van der Waals surface area contributed by atoms with Gasteiger partial charge in [-0.15, -0.1) is 0 Å². The van der Waals surface area contributed by atoms with Crippen LogP contribution in [0.25, 0.3) is 0 Å². The number of sulfonamides is 1. The lowest BCUT2D eigenvalue weighted by Crippen LogP contribution is -2.49. The molecule has 0 bridgehead atoms. The maximum absolute atomic E-state index is 12.5. The molecule has 2 unspecified atom stereocenters. The number of hydrogen-bond donors (Lipinski definition) is 1. The second-order valence-electron chi connectivity index (χ2n) is 8.31. The molecule has 0 spiro atoms. The van der Waals surface area contributed by atoms with Crippen LogP contribution in [0.2, 0.25) is 0 Å². The van der Waals surface area contributed by atoms with E-state index >= 15 is 0 Å². The van der Waals surface area contributed by atoms with Gasteiger partial charge in [0, 0.05) is 19.6 Å². The Kier molecular flexibility index (Phi) is 7.47.